The molecule has 0 spiro atoms. The first-order valence-electron chi connectivity index (χ1n) is 9.01. The Morgan fingerprint density at radius 2 is 1.96 bits per heavy atom. The van der Waals surface area contributed by atoms with E-state index in [-0.39, 0.29) is 5.91 Å². The molecular weight excluding hydrogens is 390 g/mol. The average Bonchev–Trinajstić information content (AvgIpc) is 2.88. The van der Waals surface area contributed by atoms with Gasteiger partial charge < -0.3 is 5.32 Å². The quantitative estimate of drug-likeness (QED) is 0.607. The van der Waals surface area contributed by atoms with Crippen molar-refractivity contribution in [2.75, 3.05) is 0 Å². The molecule has 2 heterocycles. The zero-order valence-corrected chi connectivity index (χ0v) is 16.8. The first kappa shape index (κ1) is 18.7. The third kappa shape index (κ3) is 3.96. The molecule has 1 aliphatic heterocycles. The number of halogens is 1. The molecule has 140 valence electrons. The molecule has 1 N–H and O–H groups in total. The number of fused-ring (bicyclic) bond motifs is 2. The molecule has 0 saturated carbocycles. The summed E-state index contributed by atoms with van der Waals surface area (Å²) < 4.78 is 0. The molecule has 1 aromatic heterocycles. The summed E-state index contributed by atoms with van der Waals surface area (Å²) in [5, 5.41) is 3.61. The minimum absolute atomic E-state index is 0.142. The summed E-state index contributed by atoms with van der Waals surface area (Å²) in [5.41, 5.74) is 4.23. The first-order valence-corrected chi connectivity index (χ1v) is 10.2. The van der Waals surface area contributed by atoms with Crippen LogP contribution < -0.4 is 5.32 Å². The predicted molar refractivity (Wildman–Crippen MR) is 114 cm³/mol. The van der Waals surface area contributed by atoms with Crippen LogP contribution in [0.3, 0.4) is 0 Å². The number of hydrogen-bond donors (Lipinski definition) is 1. The van der Waals surface area contributed by atoms with Crippen LogP contribution in [0.4, 0.5) is 5.69 Å². The number of benzene rings is 2. The minimum Gasteiger partial charge on any atom is -0.346 e. The lowest BCUT2D eigenvalue weighted by atomic mass is 10.1. The van der Waals surface area contributed by atoms with Gasteiger partial charge in [0.15, 0.2) is 0 Å². The second-order valence-electron chi connectivity index (χ2n) is 6.34. The van der Waals surface area contributed by atoms with Crippen molar-refractivity contribution in [1.29, 1.82) is 0 Å². The number of amides is 1. The van der Waals surface area contributed by atoms with Crippen LogP contribution in [0.1, 0.15) is 35.0 Å². The molecule has 0 unspecified atom stereocenters. The normalized spacial score (nSPS) is 12.4. The van der Waals surface area contributed by atoms with Crippen molar-refractivity contribution in [3.8, 4) is 0 Å². The van der Waals surface area contributed by atoms with Crippen molar-refractivity contribution in [2.24, 2.45) is 4.99 Å². The molecule has 0 aliphatic carbocycles. The number of rotatable bonds is 4. The highest BCUT2D eigenvalue weighted by Gasteiger charge is 2.18. The Hall–Kier alpha value is -2.63. The molecule has 0 bridgehead atoms. The fourth-order valence-corrected chi connectivity index (χ4v) is 4.20. The van der Waals surface area contributed by atoms with E-state index in [9.17, 15) is 4.79 Å². The molecule has 1 amide bonds. The standard InChI is InChI=1S/C22H18ClN3OS/c1-2-18-17-12-15(23)7-9-20(17)28-21-8-6-14(11-19(21)26-18)22(27)25-13-16-5-3-4-10-24-16/h3-12H,2,13H2,1H3,(H,25,27). The lowest BCUT2D eigenvalue weighted by Gasteiger charge is -2.08. The molecule has 6 heteroatoms. The summed E-state index contributed by atoms with van der Waals surface area (Å²) in [6.07, 6.45) is 2.50. The Balaban J connectivity index is 1.62. The lowest BCUT2D eigenvalue weighted by molar-refractivity contribution is 0.0950. The van der Waals surface area contributed by atoms with Gasteiger partial charge in [-0.3, -0.25) is 14.8 Å². The van der Waals surface area contributed by atoms with E-state index in [4.69, 9.17) is 16.6 Å². The van der Waals surface area contributed by atoms with E-state index in [2.05, 4.69) is 17.2 Å². The third-order valence-corrected chi connectivity index (χ3v) is 5.82. The summed E-state index contributed by atoms with van der Waals surface area (Å²) in [5.74, 6) is -0.142. The van der Waals surface area contributed by atoms with E-state index in [1.807, 2.05) is 54.6 Å². The van der Waals surface area contributed by atoms with E-state index in [1.54, 1.807) is 18.0 Å². The van der Waals surface area contributed by atoms with Gasteiger partial charge in [0.1, 0.15) is 0 Å². The molecule has 0 atom stereocenters. The SMILES string of the molecule is CCC1=Nc2cc(C(=O)NCc3ccccn3)ccc2Sc2ccc(Cl)cc21. The fraction of sp³-hybridized carbons (Fsp3) is 0.136. The molecule has 28 heavy (non-hydrogen) atoms. The summed E-state index contributed by atoms with van der Waals surface area (Å²) in [4.78, 5) is 23.8. The fourth-order valence-electron chi connectivity index (χ4n) is 3.02. The van der Waals surface area contributed by atoms with Gasteiger partial charge in [0, 0.05) is 37.8 Å². The predicted octanol–water partition coefficient (Wildman–Crippen LogP) is 5.66. The maximum Gasteiger partial charge on any atom is 0.251 e. The van der Waals surface area contributed by atoms with E-state index >= 15 is 0 Å². The van der Waals surface area contributed by atoms with Gasteiger partial charge in [-0.15, -0.1) is 0 Å². The number of carbonyl (C=O) groups is 1. The Morgan fingerprint density at radius 3 is 2.75 bits per heavy atom. The van der Waals surface area contributed by atoms with E-state index in [0.717, 1.165) is 38.9 Å². The van der Waals surface area contributed by atoms with Gasteiger partial charge in [-0.25, -0.2) is 0 Å². The van der Waals surface area contributed by atoms with Gasteiger partial charge in [0.25, 0.3) is 5.91 Å². The summed E-state index contributed by atoms with van der Waals surface area (Å²) in [6, 6.07) is 17.1. The van der Waals surface area contributed by atoms with Crippen LogP contribution in [0.25, 0.3) is 0 Å². The maximum absolute atomic E-state index is 12.6. The van der Waals surface area contributed by atoms with Crippen LogP contribution >= 0.6 is 23.4 Å². The van der Waals surface area contributed by atoms with Crippen molar-refractivity contribution < 1.29 is 4.79 Å². The minimum atomic E-state index is -0.142. The Kier molecular flexibility index (Phi) is 5.46. The number of hydrogen-bond acceptors (Lipinski definition) is 4. The molecule has 4 rings (SSSR count). The summed E-state index contributed by atoms with van der Waals surface area (Å²) in [7, 11) is 0. The van der Waals surface area contributed by atoms with Crippen LogP contribution in [0.2, 0.25) is 5.02 Å². The highest BCUT2D eigenvalue weighted by molar-refractivity contribution is 7.99. The Bertz CT molecular complexity index is 1070. The smallest absolute Gasteiger partial charge is 0.251 e. The number of carbonyl (C=O) groups excluding carboxylic acids is 1. The van der Waals surface area contributed by atoms with Gasteiger partial charge in [-0.1, -0.05) is 36.4 Å². The molecule has 0 saturated heterocycles. The van der Waals surface area contributed by atoms with Gasteiger partial charge in [0.2, 0.25) is 0 Å². The second-order valence-corrected chi connectivity index (χ2v) is 7.86. The third-order valence-electron chi connectivity index (χ3n) is 4.44. The summed E-state index contributed by atoms with van der Waals surface area (Å²) in [6.45, 7) is 2.46. The monoisotopic (exact) mass is 407 g/mol. The highest BCUT2D eigenvalue weighted by Crippen LogP contribution is 2.41. The lowest BCUT2D eigenvalue weighted by Crippen LogP contribution is -2.23. The molecule has 0 fully saturated rings. The zero-order chi connectivity index (χ0) is 19.5. The first-order chi connectivity index (χ1) is 13.6. The largest absolute Gasteiger partial charge is 0.346 e. The number of nitrogens with one attached hydrogen (secondary N) is 1. The Labute approximate surface area is 173 Å². The van der Waals surface area contributed by atoms with Gasteiger partial charge >= 0.3 is 0 Å². The van der Waals surface area contributed by atoms with Crippen molar-refractivity contribution >= 4 is 40.7 Å². The van der Waals surface area contributed by atoms with Crippen LogP contribution in [-0.2, 0) is 6.54 Å². The van der Waals surface area contributed by atoms with Crippen molar-refractivity contribution in [3.05, 3.63) is 82.6 Å². The van der Waals surface area contributed by atoms with Crippen LogP contribution in [-0.4, -0.2) is 16.6 Å². The molecule has 4 nitrogen and oxygen atoms in total. The van der Waals surface area contributed by atoms with Crippen LogP contribution in [0.15, 0.2) is 75.6 Å². The molecular formula is C22H18ClN3OS. The van der Waals surface area contributed by atoms with Crippen LogP contribution in [0.5, 0.6) is 0 Å². The molecule has 3 aromatic rings. The zero-order valence-electron chi connectivity index (χ0n) is 15.3. The van der Waals surface area contributed by atoms with Gasteiger partial charge in [-0.05, 0) is 55.0 Å². The number of aromatic nitrogens is 1. The molecule has 1 aliphatic rings. The number of pyridine rings is 1. The van der Waals surface area contributed by atoms with E-state index in [0.29, 0.717) is 17.1 Å². The molecule has 2 aromatic carbocycles. The number of nitrogens with zero attached hydrogens (tertiary/aromatic N) is 2. The average molecular weight is 408 g/mol. The molecule has 0 radical (unpaired) electrons. The van der Waals surface area contributed by atoms with Crippen molar-refractivity contribution in [1.82, 2.24) is 10.3 Å². The topological polar surface area (TPSA) is 54.4 Å². The van der Waals surface area contributed by atoms with Crippen LogP contribution in [0, 0.1) is 0 Å². The highest BCUT2D eigenvalue weighted by atomic mass is 35.5. The van der Waals surface area contributed by atoms with Gasteiger partial charge in [-0.2, -0.15) is 0 Å². The second kappa shape index (κ2) is 8.17. The van der Waals surface area contributed by atoms with Crippen molar-refractivity contribution in [3.63, 3.8) is 0 Å². The van der Waals surface area contributed by atoms with E-state index < -0.39 is 0 Å². The Morgan fingerprint density at radius 1 is 1.11 bits per heavy atom. The van der Waals surface area contributed by atoms with Crippen molar-refractivity contribution in [2.45, 2.75) is 29.7 Å². The maximum atomic E-state index is 12.6. The number of aliphatic imine (C=N–C) groups is 1. The summed E-state index contributed by atoms with van der Waals surface area (Å²) >= 11 is 7.84. The van der Waals surface area contributed by atoms with Gasteiger partial charge in [0.05, 0.1) is 17.9 Å². The van der Waals surface area contributed by atoms with E-state index in [1.165, 1.54) is 0 Å².